The van der Waals surface area contributed by atoms with Crippen LogP contribution in [0.4, 0.5) is 0 Å². The Labute approximate surface area is 258 Å². The summed E-state index contributed by atoms with van der Waals surface area (Å²) in [5, 5.41) is 4.13. The molecule has 0 unspecified atom stereocenters. The smallest absolute Gasteiger partial charge is 0.304 e. The van der Waals surface area contributed by atoms with Gasteiger partial charge in [-0.3, -0.25) is 19.2 Å². The summed E-state index contributed by atoms with van der Waals surface area (Å²) in [5.74, 6) is -2.59. The maximum atomic E-state index is 12.3. The van der Waals surface area contributed by atoms with Gasteiger partial charge in [-0.05, 0) is 36.4 Å². The van der Waals surface area contributed by atoms with Crippen molar-refractivity contribution in [2.24, 2.45) is 0 Å². The van der Waals surface area contributed by atoms with E-state index >= 15 is 0 Å². The number of nitrogens with one attached hydrogen (secondary N) is 1. The zero-order chi connectivity index (χ0) is 30.3. The molecule has 2 aromatic heterocycles. The molecule has 228 valence electrons. The summed E-state index contributed by atoms with van der Waals surface area (Å²) in [6.07, 6.45) is -2.08. The number of aromatic nitrogens is 2. The fourth-order valence-corrected chi connectivity index (χ4v) is 5.82. The van der Waals surface area contributed by atoms with Gasteiger partial charge >= 0.3 is 30.1 Å². The van der Waals surface area contributed by atoms with E-state index < -0.39 is 54.5 Å². The average Bonchev–Trinajstić information content (AvgIpc) is 3.32. The average molecular weight is 658 g/mol. The predicted octanol–water partition coefficient (Wildman–Crippen LogP) is 0.638. The topological polar surface area (TPSA) is 134 Å². The second kappa shape index (κ2) is 12.7. The van der Waals surface area contributed by atoms with Crippen molar-refractivity contribution >= 4 is 56.5 Å². The van der Waals surface area contributed by atoms with E-state index in [1.54, 1.807) is 10.8 Å². The number of rotatable bonds is 6. The third-order valence-corrected chi connectivity index (χ3v) is 7.51. The lowest BCUT2D eigenvalue weighted by Crippen LogP contribution is -3.00. The van der Waals surface area contributed by atoms with Crippen LogP contribution in [0.1, 0.15) is 45.0 Å². The number of fused-ring (bicyclic) bond motifs is 4. The molecule has 4 aromatic rings. The van der Waals surface area contributed by atoms with Crippen molar-refractivity contribution < 1.29 is 64.4 Å². The van der Waals surface area contributed by atoms with E-state index in [0.717, 1.165) is 43.7 Å². The summed E-state index contributed by atoms with van der Waals surface area (Å²) in [6.45, 7) is 8.65. The molecule has 1 fully saturated rings. The van der Waals surface area contributed by atoms with E-state index in [-0.39, 0.29) is 23.6 Å². The van der Waals surface area contributed by atoms with Gasteiger partial charge in [-0.2, -0.15) is 4.57 Å². The summed E-state index contributed by atoms with van der Waals surface area (Å²) in [7, 11) is 0. The van der Waals surface area contributed by atoms with Gasteiger partial charge in [-0.1, -0.05) is 18.2 Å². The van der Waals surface area contributed by atoms with Gasteiger partial charge in [0.15, 0.2) is 24.6 Å². The fourth-order valence-electron chi connectivity index (χ4n) is 5.82. The lowest BCUT2D eigenvalue weighted by Gasteiger charge is -2.41. The highest BCUT2D eigenvalue weighted by Crippen LogP contribution is 2.37. The van der Waals surface area contributed by atoms with Crippen molar-refractivity contribution in [3.63, 3.8) is 0 Å². The molecule has 0 spiro atoms. The van der Waals surface area contributed by atoms with Crippen LogP contribution < -0.4 is 21.5 Å². The highest BCUT2D eigenvalue weighted by atomic mass is 79.9. The molecular weight excluding hydrogens is 624 g/mol. The molecule has 0 aliphatic carbocycles. The number of hydrogen-bond acceptors (Lipinski definition) is 9. The molecule has 2 aromatic carbocycles. The van der Waals surface area contributed by atoms with Gasteiger partial charge in [0.05, 0.1) is 5.52 Å². The van der Waals surface area contributed by atoms with Crippen molar-refractivity contribution in [1.29, 1.82) is 0 Å². The lowest BCUT2D eigenvalue weighted by molar-refractivity contribution is -0.776. The van der Waals surface area contributed by atoms with Crippen molar-refractivity contribution in [1.82, 2.24) is 4.98 Å². The number of H-pyrrole nitrogens is 1. The monoisotopic (exact) mass is 656 g/mol. The van der Waals surface area contributed by atoms with Gasteiger partial charge in [-0.15, -0.1) is 0 Å². The van der Waals surface area contributed by atoms with E-state index in [2.05, 4.69) is 18.0 Å². The number of carbonyl (C=O) groups excluding carboxylic acids is 4. The molecule has 12 heteroatoms. The minimum Gasteiger partial charge on any atom is -1.00 e. The number of halogens is 1. The summed E-state index contributed by atoms with van der Waals surface area (Å²) >= 11 is 0. The SMILES string of the molecule is CC(=O)OC[C@H]1O[C@@H]([n+]2ccc3c(C)c4[nH]c5ccccc5c4c(C)c3c2)[C@H](OC(C)=O)[C@@H](OC(C)=O)[C@@H]1OC(C)=O.[Br-]. The van der Waals surface area contributed by atoms with Crippen molar-refractivity contribution in [2.75, 3.05) is 6.61 Å². The molecule has 11 nitrogen and oxygen atoms in total. The first-order chi connectivity index (χ1) is 20.0. The minimum absolute atomic E-state index is 0. The maximum absolute atomic E-state index is 12.3. The molecular formula is C31H33BrN2O9. The third-order valence-electron chi connectivity index (χ3n) is 7.51. The first-order valence-electron chi connectivity index (χ1n) is 13.6. The fraction of sp³-hybridized carbons (Fsp3) is 0.387. The molecule has 1 N–H and O–H groups in total. The Morgan fingerprint density at radius 1 is 0.791 bits per heavy atom. The minimum atomic E-state index is -1.25. The van der Waals surface area contributed by atoms with Crippen LogP contribution in [0.2, 0.25) is 0 Å². The number of nitrogens with zero attached hydrogens (tertiary/aromatic N) is 1. The van der Waals surface area contributed by atoms with E-state index in [4.69, 9.17) is 23.7 Å². The standard InChI is InChI=1S/C31H32N2O9.BrH/c1-15-23-13-33(12-11-21(23)16(2)27-26(15)22-9-7-8-10-24(22)32-27)31-30(41-20(6)37)29(40-19(5)36)28(39-18(4)35)25(42-31)14-38-17(3)34;/h7-13,25,28-31H,14H2,1-6H3;1H/t25-,28-,29+,30-,31-;/m1./s1. The summed E-state index contributed by atoms with van der Waals surface area (Å²) in [5.41, 5.74) is 4.17. The number of hydrogen-bond donors (Lipinski definition) is 1. The van der Waals surface area contributed by atoms with Gasteiger partial charge in [0.1, 0.15) is 12.7 Å². The van der Waals surface area contributed by atoms with Gasteiger partial charge in [-0.25, -0.2) is 0 Å². The first kappa shape index (κ1) is 31.9. The Morgan fingerprint density at radius 2 is 1.42 bits per heavy atom. The molecule has 43 heavy (non-hydrogen) atoms. The number of ether oxygens (including phenoxy) is 5. The number of aromatic amines is 1. The lowest BCUT2D eigenvalue weighted by atomic mass is 9.95. The molecule has 1 aliphatic rings. The van der Waals surface area contributed by atoms with Gasteiger partial charge in [0.2, 0.25) is 6.10 Å². The molecule has 1 aliphatic heterocycles. The van der Waals surface area contributed by atoms with E-state index in [1.807, 2.05) is 37.4 Å². The van der Waals surface area contributed by atoms with Gasteiger partial charge < -0.3 is 45.6 Å². The third kappa shape index (κ3) is 6.21. The molecule has 3 heterocycles. The Balaban J connectivity index is 0.00000423. The van der Waals surface area contributed by atoms with Crippen LogP contribution in [0.3, 0.4) is 0 Å². The number of para-hydroxylation sites is 1. The second-order valence-electron chi connectivity index (χ2n) is 10.5. The molecule has 5 rings (SSSR count). The Hall–Kier alpha value is -4.03. The van der Waals surface area contributed by atoms with Gasteiger partial charge in [0, 0.05) is 55.4 Å². The van der Waals surface area contributed by atoms with Gasteiger partial charge in [0.25, 0.3) is 0 Å². The predicted molar refractivity (Wildman–Crippen MR) is 150 cm³/mol. The number of aryl methyl sites for hydroxylation is 2. The van der Waals surface area contributed by atoms with Crippen LogP contribution in [0.15, 0.2) is 42.7 Å². The molecule has 0 bridgehead atoms. The highest BCUT2D eigenvalue weighted by molar-refractivity contribution is 6.16. The Morgan fingerprint density at radius 3 is 2.07 bits per heavy atom. The van der Waals surface area contributed by atoms with Crippen LogP contribution in [0.5, 0.6) is 0 Å². The van der Waals surface area contributed by atoms with Crippen molar-refractivity contribution in [2.45, 2.75) is 72.2 Å². The number of pyridine rings is 1. The first-order valence-corrected chi connectivity index (χ1v) is 13.6. The summed E-state index contributed by atoms with van der Waals surface area (Å²) in [6, 6.07) is 10.0. The van der Waals surface area contributed by atoms with E-state index in [1.165, 1.54) is 27.7 Å². The molecule has 0 amide bonds. The molecule has 0 radical (unpaired) electrons. The largest absolute Gasteiger partial charge is 1.00 e. The van der Waals surface area contributed by atoms with Crippen LogP contribution >= 0.6 is 0 Å². The Kier molecular flexibility index (Phi) is 9.41. The zero-order valence-electron chi connectivity index (χ0n) is 24.6. The van der Waals surface area contributed by atoms with Crippen LogP contribution in [-0.4, -0.2) is 59.9 Å². The summed E-state index contributed by atoms with van der Waals surface area (Å²) in [4.78, 5) is 51.8. The van der Waals surface area contributed by atoms with Crippen LogP contribution in [-0.2, 0) is 42.9 Å². The molecule has 1 saturated heterocycles. The molecule has 5 atom stereocenters. The van der Waals surface area contributed by atoms with E-state index in [9.17, 15) is 19.2 Å². The van der Waals surface area contributed by atoms with Crippen molar-refractivity contribution in [3.8, 4) is 0 Å². The zero-order valence-corrected chi connectivity index (χ0v) is 26.2. The van der Waals surface area contributed by atoms with Crippen LogP contribution in [0, 0.1) is 13.8 Å². The molecule has 0 saturated carbocycles. The van der Waals surface area contributed by atoms with E-state index in [0.29, 0.717) is 0 Å². The number of benzene rings is 2. The number of carbonyl (C=O) groups is 4. The highest BCUT2D eigenvalue weighted by Gasteiger charge is 2.56. The summed E-state index contributed by atoms with van der Waals surface area (Å²) < 4.78 is 30.1. The van der Waals surface area contributed by atoms with Crippen molar-refractivity contribution in [3.05, 3.63) is 53.9 Å². The number of esters is 4. The second-order valence-corrected chi connectivity index (χ2v) is 10.5. The van der Waals surface area contributed by atoms with Crippen LogP contribution in [0.25, 0.3) is 32.6 Å². The Bertz CT molecular complexity index is 1730. The maximum Gasteiger partial charge on any atom is 0.304 e. The normalized spacial score (nSPS) is 21.7. The quantitative estimate of drug-likeness (QED) is 0.180.